The maximum absolute atomic E-state index is 11.3. The topological polar surface area (TPSA) is 113 Å². The number of carboxylic acid groups (broad SMARTS) is 1. The lowest BCUT2D eigenvalue weighted by molar-refractivity contribution is -0.137. The standard InChI is InChI=1S/C6H12N2O6S/c1-3-8(4-5(9)10)15(12,13)7-6(11)14-2/h3-4H2,1-2H3,(H,7,11)(H,9,10). The van der Waals surface area contributed by atoms with Crippen molar-refractivity contribution in [3.8, 4) is 0 Å². The third kappa shape index (κ3) is 4.61. The number of carbonyl (C=O) groups is 2. The first-order chi connectivity index (χ1) is 6.83. The summed E-state index contributed by atoms with van der Waals surface area (Å²) in [6, 6.07) is 0. The van der Waals surface area contributed by atoms with E-state index in [1.807, 2.05) is 0 Å². The van der Waals surface area contributed by atoms with Crippen molar-refractivity contribution < 1.29 is 27.9 Å². The molecule has 0 spiro atoms. The average molecular weight is 240 g/mol. The van der Waals surface area contributed by atoms with Crippen molar-refractivity contribution in [2.24, 2.45) is 0 Å². The highest BCUT2D eigenvalue weighted by atomic mass is 32.2. The molecule has 0 fully saturated rings. The molecule has 0 aliphatic heterocycles. The lowest BCUT2D eigenvalue weighted by Crippen LogP contribution is -2.45. The summed E-state index contributed by atoms with van der Waals surface area (Å²) in [6.45, 7) is 0.654. The molecule has 8 nitrogen and oxygen atoms in total. The van der Waals surface area contributed by atoms with E-state index in [9.17, 15) is 18.0 Å². The number of nitrogens with one attached hydrogen (secondary N) is 1. The number of ether oxygens (including phenoxy) is 1. The summed E-state index contributed by atoms with van der Waals surface area (Å²) in [5.74, 6) is -1.31. The molecule has 88 valence electrons. The Balaban J connectivity index is 4.66. The second-order valence-electron chi connectivity index (χ2n) is 2.42. The van der Waals surface area contributed by atoms with E-state index in [0.29, 0.717) is 4.31 Å². The lowest BCUT2D eigenvalue weighted by atomic mass is 10.6. The molecule has 0 saturated carbocycles. The number of hydrogen-bond donors (Lipinski definition) is 2. The van der Waals surface area contributed by atoms with E-state index >= 15 is 0 Å². The predicted molar refractivity (Wildman–Crippen MR) is 49.3 cm³/mol. The van der Waals surface area contributed by atoms with Gasteiger partial charge in [0.05, 0.1) is 7.11 Å². The molecule has 0 aromatic rings. The van der Waals surface area contributed by atoms with Crippen LogP contribution in [0.4, 0.5) is 4.79 Å². The Morgan fingerprint density at radius 1 is 1.47 bits per heavy atom. The number of amides is 1. The lowest BCUT2D eigenvalue weighted by Gasteiger charge is -2.17. The van der Waals surface area contributed by atoms with E-state index in [0.717, 1.165) is 7.11 Å². The molecule has 0 aromatic heterocycles. The summed E-state index contributed by atoms with van der Waals surface area (Å²) in [6.07, 6.45) is -1.17. The van der Waals surface area contributed by atoms with Crippen molar-refractivity contribution >= 4 is 22.3 Å². The van der Waals surface area contributed by atoms with Crippen molar-refractivity contribution in [2.45, 2.75) is 6.92 Å². The third-order valence-corrected chi connectivity index (χ3v) is 2.89. The van der Waals surface area contributed by atoms with Gasteiger partial charge in [-0.15, -0.1) is 0 Å². The Bertz CT molecular complexity index is 338. The van der Waals surface area contributed by atoms with Crippen LogP contribution in [0.2, 0.25) is 0 Å². The van der Waals surface area contributed by atoms with Crippen LogP contribution in [0.15, 0.2) is 0 Å². The molecule has 15 heavy (non-hydrogen) atoms. The smallest absolute Gasteiger partial charge is 0.421 e. The number of nitrogens with zero attached hydrogens (tertiary/aromatic N) is 1. The fraction of sp³-hybridized carbons (Fsp3) is 0.667. The van der Waals surface area contributed by atoms with Gasteiger partial charge in [-0.3, -0.25) is 4.79 Å². The minimum absolute atomic E-state index is 0.0708. The first kappa shape index (κ1) is 13.7. The van der Waals surface area contributed by atoms with Crippen molar-refractivity contribution in [1.29, 1.82) is 0 Å². The van der Waals surface area contributed by atoms with Crippen LogP contribution in [-0.2, 0) is 19.7 Å². The highest BCUT2D eigenvalue weighted by Crippen LogP contribution is 1.97. The molecular formula is C6H12N2O6S. The first-order valence-electron chi connectivity index (χ1n) is 3.91. The molecule has 0 radical (unpaired) electrons. The zero-order valence-corrected chi connectivity index (χ0v) is 9.07. The molecule has 0 unspecified atom stereocenters. The first-order valence-corrected chi connectivity index (χ1v) is 5.35. The number of hydrogen-bond acceptors (Lipinski definition) is 5. The van der Waals surface area contributed by atoms with Crippen LogP contribution in [0.3, 0.4) is 0 Å². The van der Waals surface area contributed by atoms with Crippen LogP contribution in [0.25, 0.3) is 0 Å². The minimum Gasteiger partial charge on any atom is -0.480 e. The molecule has 2 N–H and O–H groups in total. The number of aliphatic carboxylic acids is 1. The van der Waals surface area contributed by atoms with E-state index in [2.05, 4.69) is 4.74 Å². The number of rotatable bonds is 5. The molecule has 1 amide bonds. The highest BCUT2D eigenvalue weighted by molar-refractivity contribution is 7.87. The zero-order chi connectivity index (χ0) is 12.1. The van der Waals surface area contributed by atoms with E-state index in [4.69, 9.17) is 5.11 Å². The zero-order valence-electron chi connectivity index (χ0n) is 8.26. The Morgan fingerprint density at radius 3 is 2.33 bits per heavy atom. The Morgan fingerprint density at radius 2 is 2.00 bits per heavy atom. The van der Waals surface area contributed by atoms with Crippen molar-refractivity contribution in [3.63, 3.8) is 0 Å². The summed E-state index contributed by atoms with van der Waals surface area (Å²) in [4.78, 5) is 21.0. The van der Waals surface area contributed by atoms with Gasteiger partial charge >= 0.3 is 22.3 Å². The Kier molecular flexibility index (Phi) is 5.02. The van der Waals surface area contributed by atoms with Crippen LogP contribution in [0.5, 0.6) is 0 Å². The maximum atomic E-state index is 11.3. The Labute approximate surface area is 87.0 Å². The number of methoxy groups -OCH3 is 1. The molecule has 0 aromatic carbocycles. The average Bonchev–Trinajstić information content (AvgIpc) is 2.12. The monoisotopic (exact) mass is 240 g/mol. The van der Waals surface area contributed by atoms with Crippen LogP contribution >= 0.6 is 0 Å². The van der Waals surface area contributed by atoms with Crippen molar-refractivity contribution in [2.75, 3.05) is 20.2 Å². The van der Waals surface area contributed by atoms with Gasteiger partial charge in [-0.1, -0.05) is 6.92 Å². The molecule has 0 aliphatic rings. The molecule has 0 rings (SSSR count). The minimum atomic E-state index is -4.15. The summed E-state index contributed by atoms with van der Waals surface area (Å²) in [5, 5.41) is 8.42. The molecule has 0 atom stereocenters. The summed E-state index contributed by atoms with van der Waals surface area (Å²) < 4.78 is 28.8. The van der Waals surface area contributed by atoms with Crippen molar-refractivity contribution in [3.05, 3.63) is 0 Å². The molecule has 0 aliphatic carbocycles. The van der Waals surface area contributed by atoms with Gasteiger partial charge in [-0.05, 0) is 0 Å². The van der Waals surface area contributed by atoms with Crippen molar-refractivity contribution in [1.82, 2.24) is 9.03 Å². The fourth-order valence-electron chi connectivity index (χ4n) is 0.729. The Hall–Kier alpha value is -1.35. The van der Waals surface area contributed by atoms with Gasteiger partial charge in [0, 0.05) is 6.54 Å². The van der Waals surface area contributed by atoms with Gasteiger partial charge in [-0.25, -0.2) is 9.52 Å². The molecule has 0 heterocycles. The van der Waals surface area contributed by atoms with E-state index < -0.39 is 28.8 Å². The fourth-order valence-corrected chi connectivity index (χ4v) is 1.77. The second kappa shape index (κ2) is 5.51. The molecule has 9 heteroatoms. The van der Waals surface area contributed by atoms with E-state index in [1.54, 1.807) is 0 Å². The van der Waals surface area contributed by atoms with Gasteiger partial charge < -0.3 is 9.84 Å². The van der Waals surface area contributed by atoms with Crippen LogP contribution in [0, 0.1) is 0 Å². The second-order valence-corrected chi connectivity index (χ2v) is 4.09. The normalized spacial score (nSPS) is 11.1. The molecule has 0 saturated heterocycles. The largest absolute Gasteiger partial charge is 0.480 e. The van der Waals surface area contributed by atoms with Gasteiger partial charge in [-0.2, -0.15) is 12.7 Å². The van der Waals surface area contributed by atoms with Gasteiger partial charge in [0.25, 0.3) is 0 Å². The quantitative estimate of drug-likeness (QED) is 0.636. The summed E-state index contributed by atoms with van der Waals surface area (Å²) >= 11 is 0. The van der Waals surface area contributed by atoms with Gasteiger partial charge in [0.1, 0.15) is 6.54 Å². The van der Waals surface area contributed by atoms with Crippen LogP contribution in [0.1, 0.15) is 6.92 Å². The molecule has 0 bridgehead atoms. The summed E-state index contributed by atoms with van der Waals surface area (Å²) in [7, 11) is -3.15. The maximum Gasteiger partial charge on any atom is 0.421 e. The van der Waals surface area contributed by atoms with Gasteiger partial charge in [0.15, 0.2) is 0 Å². The number of likely N-dealkylation sites (N-methyl/N-ethyl adjacent to an activating group) is 1. The van der Waals surface area contributed by atoms with Gasteiger partial charge in [0.2, 0.25) is 0 Å². The SMILES string of the molecule is CCN(CC(=O)O)S(=O)(=O)NC(=O)OC. The highest BCUT2D eigenvalue weighted by Gasteiger charge is 2.24. The number of carbonyl (C=O) groups excluding carboxylic acids is 1. The van der Waals surface area contributed by atoms with Crippen LogP contribution in [-0.4, -0.2) is 50.1 Å². The molecular weight excluding hydrogens is 228 g/mol. The van der Waals surface area contributed by atoms with E-state index in [-0.39, 0.29) is 6.54 Å². The predicted octanol–water partition coefficient (Wildman–Crippen LogP) is -1.01. The third-order valence-electron chi connectivity index (χ3n) is 1.40. The summed E-state index contributed by atoms with van der Waals surface area (Å²) in [5.41, 5.74) is 0. The van der Waals surface area contributed by atoms with Crippen LogP contribution < -0.4 is 4.72 Å². The number of carboxylic acids is 1. The van der Waals surface area contributed by atoms with E-state index in [1.165, 1.54) is 11.6 Å².